The number of anilines is 2. The Morgan fingerprint density at radius 3 is 2.61 bits per heavy atom. The summed E-state index contributed by atoms with van der Waals surface area (Å²) in [5.74, 6) is 1.94. The third kappa shape index (κ3) is 2.76. The Bertz CT molecular complexity index is 670. The molecule has 2 heterocycles. The smallest absolute Gasteiger partial charge is 0.240 e. The number of nitrogens with two attached hydrogens (primary N) is 1. The quantitative estimate of drug-likeness (QED) is 0.922. The highest BCUT2D eigenvalue weighted by molar-refractivity contribution is 5.72. The van der Waals surface area contributed by atoms with Gasteiger partial charge in [-0.05, 0) is 31.6 Å². The second-order valence-electron chi connectivity index (χ2n) is 6.66. The molecule has 0 bridgehead atoms. The van der Waals surface area contributed by atoms with E-state index in [4.69, 9.17) is 5.73 Å². The predicted molar refractivity (Wildman–Crippen MR) is 92.0 cm³/mol. The van der Waals surface area contributed by atoms with Crippen LogP contribution in [0.25, 0.3) is 11.3 Å². The van der Waals surface area contributed by atoms with Gasteiger partial charge >= 0.3 is 0 Å². The average molecular weight is 309 g/mol. The minimum Gasteiger partial charge on any atom is -0.366 e. The normalized spacial score (nSPS) is 24.3. The van der Waals surface area contributed by atoms with Gasteiger partial charge in [0.25, 0.3) is 0 Å². The van der Waals surface area contributed by atoms with Crippen molar-refractivity contribution in [1.29, 1.82) is 0 Å². The molecule has 2 unspecified atom stereocenters. The highest BCUT2D eigenvalue weighted by Crippen LogP contribution is 2.39. The lowest BCUT2D eigenvalue weighted by molar-refractivity contribution is 0.242. The SMILES string of the molecule is Nc1nnc(N2CCCC3CCCCC32)c(-c2ccccc2)n1. The minimum absolute atomic E-state index is 0.241. The molecule has 0 spiro atoms. The van der Waals surface area contributed by atoms with E-state index in [1.165, 1.54) is 38.5 Å². The summed E-state index contributed by atoms with van der Waals surface area (Å²) in [5.41, 5.74) is 7.75. The first-order valence-electron chi connectivity index (χ1n) is 8.65. The molecule has 1 aliphatic carbocycles. The molecule has 2 N–H and O–H groups in total. The molecular weight excluding hydrogens is 286 g/mol. The molecule has 2 atom stereocenters. The van der Waals surface area contributed by atoms with E-state index in [9.17, 15) is 0 Å². The second-order valence-corrected chi connectivity index (χ2v) is 6.66. The van der Waals surface area contributed by atoms with Crippen molar-refractivity contribution >= 4 is 11.8 Å². The van der Waals surface area contributed by atoms with Crippen molar-refractivity contribution in [3.8, 4) is 11.3 Å². The number of fused-ring (bicyclic) bond motifs is 1. The first-order chi connectivity index (χ1) is 11.3. The maximum absolute atomic E-state index is 5.82. The van der Waals surface area contributed by atoms with Crippen molar-refractivity contribution in [2.45, 2.75) is 44.6 Å². The lowest BCUT2D eigenvalue weighted by Gasteiger charge is -2.44. The number of nitrogens with zero attached hydrogens (tertiary/aromatic N) is 4. The van der Waals surface area contributed by atoms with Gasteiger partial charge in [0, 0.05) is 18.2 Å². The molecule has 4 rings (SSSR count). The molecule has 2 aliphatic rings. The van der Waals surface area contributed by atoms with Crippen molar-refractivity contribution in [2.24, 2.45) is 5.92 Å². The molecule has 1 aromatic carbocycles. The fourth-order valence-electron chi connectivity index (χ4n) is 4.20. The van der Waals surface area contributed by atoms with Crippen molar-refractivity contribution in [3.63, 3.8) is 0 Å². The number of hydrogen-bond acceptors (Lipinski definition) is 5. The predicted octanol–water partition coefficient (Wildman–Crippen LogP) is 3.28. The molecule has 1 aromatic heterocycles. The Kier molecular flexibility index (Phi) is 3.85. The van der Waals surface area contributed by atoms with E-state index < -0.39 is 0 Å². The zero-order chi connectivity index (χ0) is 15.6. The summed E-state index contributed by atoms with van der Waals surface area (Å²) < 4.78 is 0. The molecule has 23 heavy (non-hydrogen) atoms. The van der Waals surface area contributed by atoms with Crippen molar-refractivity contribution < 1.29 is 0 Å². The number of benzene rings is 1. The largest absolute Gasteiger partial charge is 0.366 e. The van der Waals surface area contributed by atoms with E-state index in [2.05, 4.69) is 32.2 Å². The zero-order valence-electron chi connectivity index (χ0n) is 13.4. The molecule has 1 aliphatic heterocycles. The Morgan fingerprint density at radius 2 is 1.74 bits per heavy atom. The van der Waals surface area contributed by atoms with Crippen LogP contribution in [-0.4, -0.2) is 27.8 Å². The molecule has 1 saturated carbocycles. The molecule has 0 amide bonds. The third-order valence-corrected chi connectivity index (χ3v) is 5.25. The average Bonchev–Trinajstić information content (AvgIpc) is 2.62. The topological polar surface area (TPSA) is 67.9 Å². The van der Waals surface area contributed by atoms with Crippen LogP contribution >= 0.6 is 0 Å². The van der Waals surface area contributed by atoms with Gasteiger partial charge in [-0.2, -0.15) is 0 Å². The van der Waals surface area contributed by atoms with Crippen LogP contribution in [0.3, 0.4) is 0 Å². The summed E-state index contributed by atoms with van der Waals surface area (Å²) in [4.78, 5) is 6.97. The first-order valence-corrected chi connectivity index (χ1v) is 8.65. The molecule has 1 saturated heterocycles. The van der Waals surface area contributed by atoms with Crippen LogP contribution in [0.1, 0.15) is 38.5 Å². The Labute approximate surface area is 136 Å². The van der Waals surface area contributed by atoms with E-state index in [0.717, 1.165) is 29.5 Å². The second kappa shape index (κ2) is 6.14. The highest BCUT2D eigenvalue weighted by atomic mass is 15.3. The molecular formula is C18H23N5. The molecule has 120 valence electrons. The summed E-state index contributed by atoms with van der Waals surface area (Å²) in [5, 5.41) is 8.51. The molecule has 0 radical (unpaired) electrons. The maximum atomic E-state index is 5.82. The summed E-state index contributed by atoms with van der Waals surface area (Å²) in [6.07, 6.45) is 7.85. The number of hydrogen-bond donors (Lipinski definition) is 1. The Hall–Kier alpha value is -2.17. The van der Waals surface area contributed by atoms with E-state index in [0.29, 0.717) is 6.04 Å². The minimum atomic E-state index is 0.241. The number of nitrogen functional groups attached to an aromatic ring is 1. The van der Waals surface area contributed by atoms with Crippen LogP contribution in [0.5, 0.6) is 0 Å². The number of piperidine rings is 1. The van der Waals surface area contributed by atoms with Crippen LogP contribution < -0.4 is 10.6 Å². The van der Waals surface area contributed by atoms with E-state index in [1.807, 2.05) is 18.2 Å². The van der Waals surface area contributed by atoms with Crippen LogP contribution in [0, 0.1) is 5.92 Å². The first kappa shape index (κ1) is 14.4. The molecule has 5 nitrogen and oxygen atoms in total. The van der Waals surface area contributed by atoms with Crippen LogP contribution in [0.4, 0.5) is 11.8 Å². The third-order valence-electron chi connectivity index (χ3n) is 5.25. The maximum Gasteiger partial charge on any atom is 0.240 e. The summed E-state index contributed by atoms with van der Waals surface area (Å²) in [6.45, 7) is 1.04. The van der Waals surface area contributed by atoms with Gasteiger partial charge in [0.1, 0.15) is 5.69 Å². The van der Waals surface area contributed by atoms with Gasteiger partial charge in [-0.3, -0.25) is 0 Å². The van der Waals surface area contributed by atoms with Gasteiger partial charge in [-0.1, -0.05) is 43.2 Å². The summed E-state index contributed by atoms with van der Waals surface area (Å²) in [6, 6.07) is 10.8. The van der Waals surface area contributed by atoms with Gasteiger partial charge < -0.3 is 10.6 Å². The Morgan fingerprint density at radius 1 is 0.957 bits per heavy atom. The zero-order valence-corrected chi connectivity index (χ0v) is 13.4. The van der Waals surface area contributed by atoms with Crippen LogP contribution in [-0.2, 0) is 0 Å². The summed E-state index contributed by atoms with van der Waals surface area (Å²) in [7, 11) is 0. The molecule has 5 heteroatoms. The Balaban J connectivity index is 1.76. The van der Waals surface area contributed by atoms with Crippen molar-refractivity contribution in [1.82, 2.24) is 15.2 Å². The standard InChI is InChI=1S/C18H23N5/c19-18-20-16(14-8-2-1-3-9-14)17(21-22-18)23-12-6-10-13-7-4-5-11-15(13)23/h1-3,8-9,13,15H,4-7,10-12H2,(H2,19,20,22). The van der Waals surface area contributed by atoms with Crippen molar-refractivity contribution in [2.75, 3.05) is 17.2 Å². The van der Waals surface area contributed by atoms with Crippen LogP contribution in [0.15, 0.2) is 30.3 Å². The monoisotopic (exact) mass is 309 g/mol. The van der Waals surface area contributed by atoms with Crippen molar-refractivity contribution in [3.05, 3.63) is 30.3 Å². The van der Waals surface area contributed by atoms with Gasteiger partial charge in [0.15, 0.2) is 5.82 Å². The van der Waals surface area contributed by atoms with Gasteiger partial charge in [0.05, 0.1) is 0 Å². The van der Waals surface area contributed by atoms with E-state index in [1.54, 1.807) is 0 Å². The number of aromatic nitrogens is 3. The lowest BCUT2D eigenvalue weighted by Crippen LogP contribution is -2.47. The summed E-state index contributed by atoms with van der Waals surface area (Å²) >= 11 is 0. The highest BCUT2D eigenvalue weighted by Gasteiger charge is 2.35. The lowest BCUT2D eigenvalue weighted by atomic mass is 9.78. The van der Waals surface area contributed by atoms with E-state index in [-0.39, 0.29) is 5.95 Å². The van der Waals surface area contributed by atoms with E-state index >= 15 is 0 Å². The van der Waals surface area contributed by atoms with Gasteiger partial charge in [0.2, 0.25) is 5.95 Å². The fourth-order valence-corrected chi connectivity index (χ4v) is 4.20. The number of rotatable bonds is 2. The van der Waals surface area contributed by atoms with Gasteiger partial charge in [-0.15, -0.1) is 10.2 Å². The van der Waals surface area contributed by atoms with Crippen LogP contribution in [0.2, 0.25) is 0 Å². The molecule has 2 fully saturated rings. The fraction of sp³-hybridized carbons (Fsp3) is 0.500. The molecule has 2 aromatic rings. The van der Waals surface area contributed by atoms with Gasteiger partial charge in [-0.25, -0.2) is 4.98 Å².